The van der Waals surface area contributed by atoms with Crippen molar-refractivity contribution in [2.75, 3.05) is 25.6 Å². The van der Waals surface area contributed by atoms with Crippen LogP contribution in [0.5, 0.6) is 0 Å². The van der Waals surface area contributed by atoms with Gasteiger partial charge in [-0.1, -0.05) is 23.5 Å². The van der Waals surface area contributed by atoms with Crippen molar-refractivity contribution in [3.63, 3.8) is 0 Å². The van der Waals surface area contributed by atoms with E-state index in [4.69, 9.17) is 4.74 Å². The lowest BCUT2D eigenvalue weighted by Gasteiger charge is -2.25. The first-order chi connectivity index (χ1) is 15.7. The molecule has 8 nitrogen and oxygen atoms in total. The zero-order chi connectivity index (χ0) is 23.9. The molecule has 4 rings (SSSR count). The summed E-state index contributed by atoms with van der Waals surface area (Å²) in [4.78, 5) is 33.7. The van der Waals surface area contributed by atoms with Crippen LogP contribution < -0.4 is 19.8 Å². The van der Waals surface area contributed by atoms with Gasteiger partial charge in [0.15, 0.2) is 4.80 Å². The lowest BCUT2D eigenvalue weighted by molar-refractivity contribution is -0.139. The van der Waals surface area contributed by atoms with Crippen molar-refractivity contribution >= 4 is 29.1 Å². The summed E-state index contributed by atoms with van der Waals surface area (Å²) in [7, 11) is 5.78. The third-order valence-electron chi connectivity index (χ3n) is 5.58. The zero-order valence-electron chi connectivity index (χ0n) is 19.6. The molecule has 0 radical (unpaired) electrons. The normalized spacial score (nSPS) is 15.9. The fourth-order valence-corrected chi connectivity index (χ4v) is 5.00. The van der Waals surface area contributed by atoms with Gasteiger partial charge in [-0.25, -0.2) is 9.79 Å². The van der Waals surface area contributed by atoms with Gasteiger partial charge in [-0.2, -0.15) is 5.10 Å². The molecule has 3 heterocycles. The average molecular weight is 466 g/mol. The lowest BCUT2D eigenvalue weighted by atomic mass is 9.95. The molecule has 172 valence electrons. The molecule has 33 heavy (non-hydrogen) atoms. The van der Waals surface area contributed by atoms with Gasteiger partial charge in [0.1, 0.15) is 0 Å². The van der Waals surface area contributed by atoms with Gasteiger partial charge in [0.05, 0.1) is 34.1 Å². The van der Waals surface area contributed by atoms with Crippen LogP contribution in [0.2, 0.25) is 0 Å². The number of allylic oxidation sites excluding steroid dienone is 1. The summed E-state index contributed by atoms with van der Waals surface area (Å²) >= 11 is 1.31. The molecular weight excluding hydrogens is 438 g/mol. The van der Waals surface area contributed by atoms with E-state index in [1.54, 1.807) is 23.1 Å². The second-order valence-corrected chi connectivity index (χ2v) is 9.14. The van der Waals surface area contributed by atoms with Crippen molar-refractivity contribution in [3.8, 4) is 0 Å². The van der Waals surface area contributed by atoms with Crippen LogP contribution in [0, 0.1) is 6.92 Å². The maximum Gasteiger partial charge on any atom is 0.338 e. The van der Waals surface area contributed by atoms with Crippen LogP contribution in [0.25, 0.3) is 6.08 Å². The second-order valence-electron chi connectivity index (χ2n) is 8.13. The molecule has 2 aromatic heterocycles. The summed E-state index contributed by atoms with van der Waals surface area (Å²) < 4.78 is 9.21. The highest BCUT2D eigenvalue weighted by Crippen LogP contribution is 2.31. The number of hydrogen-bond acceptors (Lipinski definition) is 7. The molecule has 1 aliphatic rings. The number of nitrogens with zero attached hydrogens (tertiary/aromatic N) is 5. The first-order valence-corrected chi connectivity index (χ1v) is 11.5. The van der Waals surface area contributed by atoms with E-state index in [-0.39, 0.29) is 12.2 Å². The minimum absolute atomic E-state index is 0.196. The van der Waals surface area contributed by atoms with Crippen molar-refractivity contribution in [1.29, 1.82) is 0 Å². The molecule has 0 fully saturated rings. The van der Waals surface area contributed by atoms with Crippen molar-refractivity contribution in [3.05, 3.63) is 78.2 Å². The number of anilines is 1. The Balaban J connectivity index is 1.95. The molecule has 1 aromatic carbocycles. The first-order valence-electron chi connectivity index (χ1n) is 10.7. The molecule has 0 saturated heterocycles. The third-order valence-corrected chi connectivity index (χ3v) is 6.56. The van der Waals surface area contributed by atoms with Crippen molar-refractivity contribution in [2.45, 2.75) is 26.8 Å². The molecule has 0 N–H and O–H groups in total. The standard InChI is InChI=1S/C24H27N5O3S/c1-7-32-23(31)20-15(3)25-24-29(21(20)16-8-10-18(11-9-16)27(4)5)22(30)19(33-24)12-17-13-28(6)26-14(17)2/h8-13,21H,7H2,1-6H3/t21-/m0/s1. The van der Waals surface area contributed by atoms with E-state index in [0.29, 0.717) is 20.6 Å². The van der Waals surface area contributed by atoms with Gasteiger partial charge in [0.2, 0.25) is 0 Å². The monoisotopic (exact) mass is 465 g/mol. The van der Waals surface area contributed by atoms with Gasteiger partial charge in [0, 0.05) is 38.6 Å². The number of benzene rings is 1. The van der Waals surface area contributed by atoms with Gasteiger partial charge in [0.25, 0.3) is 5.56 Å². The molecule has 0 spiro atoms. The van der Waals surface area contributed by atoms with Gasteiger partial charge >= 0.3 is 5.97 Å². The predicted octanol–water partition coefficient (Wildman–Crippen LogP) is 1.91. The minimum Gasteiger partial charge on any atom is -0.463 e. The number of hydrogen-bond donors (Lipinski definition) is 0. The van der Waals surface area contributed by atoms with E-state index < -0.39 is 12.0 Å². The van der Waals surface area contributed by atoms with Crippen LogP contribution in [0.3, 0.4) is 0 Å². The number of rotatable bonds is 5. The summed E-state index contributed by atoms with van der Waals surface area (Å²) in [6.45, 7) is 5.70. The van der Waals surface area contributed by atoms with Crippen LogP contribution in [-0.4, -0.2) is 41.0 Å². The third kappa shape index (κ3) is 4.16. The van der Waals surface area contributed by atoms with Crippen molar-refractivity contribution in [2.24, 2.45) is 12.0 Å². The molecular formula is C24H27N5O3S. The number of fused-ring (bicyclic) bond motifs is 1. The van der Waals surface area contributed by atoms with Crippen LogP contribution in [0.1, 0.15) is 36.7 Å². The Morgan fingerprint density at radius 3 is 2.52 bits per heavy atom. The van der Waals surface area contributed by atoms with Crippen molar-refractivity contribution < 1.29 is 9.53 Å². The number of carbonyl (C=O) groups excluding carboxylic acids is 1. The maximum absolute atomic E-state index is 13.6. The van der Waals surface area contributed by atoms with Crippen LogP contribution >= 0.6 is 11.3 Å². The zero-order valence-corrected chi connectivity index (χ0v) is 20.4. The highest BCUT2D eigenvalue weighted by molar-refractivity contribution is 7.07. The Hall–Kier alpha value is -3.46. The lowest BCUT2D eigenvalue weighted by Crippen LogP contribution is -2.40. The molecule has 3 aromatic rings. The summed E-state index contributed by atoms with van der Waals surface area (Å²) in [6, 6.07) is 7.22. The fraction of sp³-hybridized carbons (Fsp3) is 0.333. The Morgan fingerprint density at radius 1 is 1.24 bits per heavy atom. The summed E-state index contributed by atoms with van der Waals surface area (Å²) in [5.74, 6) is -0.460. The van der Waals surface area contributed by atoms with E-state index in [9.17, 15) is 9.59 Å². The van der Waals surface area contributed by atoms with Gasteiger partial charge < -0.3 is 9.64 Å². The van der Waals surface area contributed by atoms with E-state index in [2.05, 4.69) is 10.1 Å². The second kappa shape index (κ2) is 8.82. The largest absolute Gasteiger partial charge is 0.463 e. The number of aromatic nitrogens is 3. The number of aryl methyl sites for hydroxylation is 2. The van der Waals surface area contributed by atoms with E-state index in [0.717, 1.165) is 22.5 Å². The first kappa shape index (κ1) is 22.7. The Morgan fingerprint density at radius 2 is 1.94 bits per heavy atom. The number of thiazole rings is 1. The molecule has 0 bridgehead atoms. The van der Waals surface area contributed by atoms with E-state index in [1.165, 1.54) is 11.3 Å². The SMILES string of the molecule is CCOC(=O)C1=C(C)N=c2sc(=Cc3cn(C)nc3C)c(=O)n2[C@H]1c1ccc(N(C)C)cc1. The average Bonchev–Trinajstić information content (AvgIpc) is 3.24. The highest BCUT2D eigenvalue weighted by Gasteiger charge is 2.33. The molecule has 0 saturated carbocycles. The molecule has 1 atom stereocenters. The van der Waals surface area contributed by atoms with Crippen LogP contribution in [0.15, 0.2) is 51.5 Å². The van der Waals surface area contributed by atoms with E-state index >= 15 is 0 Å². The Bertz CT molecular complexity index is 1420. The quantitative estimate of drug-likeness (QED) is 0.538. The topological polar surface area (TPSA) is 81.7 Å². The Kier molecular flexibility index (Phi) is 6.07. The molecule has 0 aliphatic carbocycles. The van der Waals surface area contributed by atoms with Crippen LogP contribution in [0.4, 0.5) is 5.69 Å². The maximum atomic E-state index is 13.6. The highest BCUT2D eigenvalue weighted by atomic mass is 32.1. The van der Waals surface area contributed by atoms with Gasteiger partial charge in [-0.15, -0.1) is 0 Å². The molecule has 0 unspecified atom stereocenters. The molecule has 1 aliphatic heterocycles. The minimum atomic E-state index is -0.617. The van der Waals surface area contributed by atoms with Gasteiger partial charge in [-0.05, 0) is 44.5 Å². The van der Waals surface area contributed by atoms with Crippen molar-refractivity contribution in [1.82, 2.24) is 14.3 Å². The summed E-state index contributed by atoms with van der Waals surface area (Å²) in [5, 5.41) is 4.36. The van der Waals surface area contributed by atoms with Crippen LogP contribution in [-0.2, 0) is 16.6 Å². The number of esters is 1. The fourth-order valence-electron chi connectivity index (χ4n) is 3.96. The number of ether oxygens (including phenoxy) is 1. The molecule has 0 amide bonds. The van der Waals surface area contributed by atoms with Gasteiger partial charge in [-0.3, -0.25) is 14.0 Å². The Labute approximate surface area is 195 Å². The van der Waals surface area contributed by atoms with E-state index in [1.807, 2.05) is 69.5 Å². The number of carbonyl (C=O) groups is 1. The smallest absolute Gasteiger partial charge is 0.338 e. The summed E-state index contributed by atoms with van der Waals surface area (Å²) in [5.41, 5.74) is 4.29. The summed E-state index contributed by atoms with van der Waals surface area (Å²) in [6.07, 6.45) is 3.71. The predicted molar refractivity (Wildman–Crippen MR) is 129 cm³/mol. The molecule has 9 heteroatoms.